The lowest BCUT2D eigenvalue weighted by Gasteiger charge is -2.23. The zero-order chi connectivity index (χ0) is 14.4. The Balaban J connectivity index is 2.66. The van der Waals surface area contributed by atoms with Gasteiger partial charge in [0.1, 0.15) is 0 Å². The predicted octanol–water partition coefficient (Wildman–Crippen LogP) is 3.67. The lowest BCUT2D eigenvalue weighted by molar-refractivity contribution is 0.0929. The van der Waals surface area contributed by atoms with Crippen LogP contribution in [0.25, 0.3) is 0 Å². The van der Waals surface area contributed by atoms with Gasteiger partial charge >= 0.3 is 0 Å². The topological polar surface area (TPSA) is 32.3 Å². The van der Waals surface area contributed by atoms with Crippen LogP contribution in [0.5, 0.6) is 0 Å². The van der Waals surface area contributed by atoms with Gasteiger partial charge in [0.15, 0.2) is 0 Å². The van der Waals surface area contributed by atoms with Crippen LogP contribution in [0.1, 0.15) is 31.1 Å². The van der Waals surface area contributed by atoms with E-state index in [0.29, 0.717) is 5.56 Å². The Morgan fingerprint density at radius 3 is 2.53 bits per heavy atom. The third-order valence-electron chi connectivity index (χ3n) is 2.98. The predicted molar refractivity (Wildman–Crippen MR) is 86.6 cm³/mol. The Morgan fingerprint density at radius 2 is 1.95 bits per heavy atom. The monoisotopic (exact) mass is 390 g/mol. The Kier molecular flexibility index (Phi) is 7.04. The highest BCUT2D eigenvalue weighted by atomic mass is 79.9. The molecule has 1 N–H and O–H groups in total. The van der Waals surface area contributed by atoms with Gasteiger partial charge in [-0.3, -0.25) is 4.79 Å². The first-order valence-corrected chi connectivity index (χ1v) is 8.04. The fourth-order valence-corrected chi connectivity index (χ4v) is 2.68. The molecule has 0 radical (unpaired) electrons. The number of hydrogen-bond donors (Lipinski definition) is 1. The molecule has 5 heteroatoms. The number of nitrogens with one attached hydrogen (secondary N) is 1. The van der Waals surface area contributed by atoms with Gasteiger partial charge in [0.25, 0.3) is 5.91 Å². The third kappa shape index (κ3) is 5.24. The zero-order valence-corrected chi connectivity index (χ0v) is 14.7. The Morgan fingerprint density at radius 1 is 1.32 bits per heavy atom. The summed E-state index contributed by atoms with van der Waals surface area (Å²) in [5.41, 5.74) is 0.653. The highest BCUT2D eigenvalue weighted by Gasteiger charge is 2.14. The molecule has 1 aromatic rings. The van der Waals surface area contributed by atoms with Crippen LogP contribution in [0.15, 0.2) is 27.1 Å². The van der Waals surface area contributed by atoms with E-state index in [1.54, 1.807) is 0 Å². The number of rotatable bonds is 6. The summed E-state index contributed by atoms with van der Waals surface area (Å²) in [6.45, 7) is 9.15. The average Bonchev–Trinajstić information content (AvgIpc) is 2.38. The summed E-state index contributed by atoms with van der Waals surface area (Å²) in [7, 11) is 0. The number of likely N-dealkylation sites (N-methyl/N-ethyl adjacent to an activating group) is 1. The normalized spacial score (nSPS) is 12.5. The third-order valence-corrected chi connectivity index (χ3v) is 4.16. The minimum absolute atomic E-state index is 0.0483. The Hall–Kier alpha value is -0.390. The molecule has 1 amide bonds. The highest BCUT2D eigenvalue weighted by molar-refractivity contribution is 9.11. The maximum absolute atomic E-state index is 12.2. The van der Waals surface area contributed by atoms with Gasteiger partial charge in [0, 0.05) is 21.5 Å². The van der Waals surface area contributed by atoms with Gasteiger partial charge < -0.3 is 10.2 Å². The van der Waals surface area contributed by atoms with E-state index < -0.39 is 0 Å². The van der Waals surface area contributed by atoms with Crippen LogP contribution in [0.4, 0.5) is 0 Å². The van der Waals surface area contributed by atoms with E-state index in [-0.39, 0.29) is 11.9 Å². The van der Waals surface area contributed by atoms with Crippen molar-refractivity contribution < 1.29 is 4.79 Å². The van der Waals surface area contributed by atoms with Crippen molar-refractivity contribution in [1.82, 2.24) is 10.2 Å². The van der Waals surface area contributed by atoms with E-state index in [1.165, 1.54) is 0 Å². The summed E-state index contributed by atoms with van der Waals surface area (Å²) in [6.07, 6.45) is 0. The highest BCUT2D eigenvalue weighted by Crippen LogP contribution is 2.21. The van der Waals surface area contributed by atoms with Crippen molar-refractivity contribution in [3.63, 3.8) is 0 Å². The molecular weight excluding hydrogens is 372 g/mol. The molecule has 0 spiro atoms. The van der Waals surface area contributed by atoms with Gasteiger partial charge in [0.2, 0.25) is 0 Å². The lowest BCUT2D eigenvalue weighted by Crippen LogP contribution is -2.42. The summed E-state index contributed by atoms with van der Waals surface area (Å²) in [5.74, 6) is -0.0483. The first-order valence-electron chi connectivity index (χ1n) is 6.46. The van der Waals surface area contributed by atoms with Crippen LogP contribution in [0.2, 0.25) is 0 Å². The maximum Gasteiger partial charge on any atom is 0.252 e. The van der Waals surface area contributed by atoms with Crippen LogP contribution in [0.3, 0.4) is 0 Å². The van der Waals surface area contributed by atoms with Crippen molar-refractivity contribution in [3.05, 3.63) is 32.7 Å². The van der Waals surface area contributed by atoms with E-state index in [2.05, 4.69) is 55.9 Å². The molecule has 106 valence electrons. The van der Waals surface area contributed by atoms with Gasteiger partial charge in [-0.2, -0.15) is 0 Å². The van der Waals surface area contributed by atoms with Crippen molar-refractivity contribution in [3.8, 4) is 0 Å². The van der Waals surface area contributed by atoms with Crippen molar-refractivity contribution in [2.45, 2.75) is 26.8 Å². The maximum atomic E-state index is 12.2. The number of benzene rings is 1. The molecule has 1 aromatic carbocycles. The van der Waals surface area contributed by atoms with Crippen LogP contribution in [-0.4, -0.2) is 36.5 Å². The standard InChI is InChI=1S/C14H20Br2N2O/c1-4-18(5-2)9-10(3)17-14(19)12-8-11(15)6-7-13(12)16/h6-8,10H,4-5,9H2,1-3H3,(H,17,19). The number of carbonyl (C=O) groups excluding carboxylic acids is 1. The number of nitrogens with zero attached hydrogens (tertiary/aromatic N) is 1. The molecule has 0 saturated heterocycles. The minimum atomic E-state index is -0.0483. The number of hydrogen-bond acceptors (Lipinski definition) is 2. The zero-order valence-electron chi connectivity index (χ0n) is 11.5. The van der Waals surface area contributed by atoms with Crippen molar-refractivity contribution in [2.24, 2.45) is 0 Å². The molecule has 0 aromatic heterocycles. The second-order valence-corrected chi connectivity index (χ2v) is 6.25. The lowest BCUT2D eigenvalue weighted by atomic mass is 10.2. The molecule has 3 nitrogen and oxygen atoms in total. The number of carbonyl (C=O) groups is 1. The van der Waals surface area contributed by atoms with Gasteiger partial charge in [-0.15, -0.1) is 0 Å². The van der Waals surface area contributed by atoms with Crippen LogP contribution >= 0.6 is 31.9 Å². The van der Waals surface area contributed by atoms with Crippen LogP contribution in [0, 0.1) is 0 Å². The number of halogens is 2. The van der Waals surface area contributed by atoms with E-state index in [4.69, 9.17) is 0 Å². The van der Waals surface area contributed by atoms with E-state index >= 15 is 0 Å². The van der Waals surface area contributed by atoms with Crippen molar-refractivity contribution in [1.29, 1.82) is 0 Å². The Bertz CT molecular complexity index is 433. The quantitative estimate of drug-likeness (QED) is 0.802. The van der Waals surface area contributed by atoms with E-state index in [9.17, 15) is 4.79 Å². The first-order chi connectivity index (χ1) is 8.97. The number of amides is 1. The van der Waals surface area contributed by atoms with Crippen molar-refractivity contribution >= 4 is 37.8 Å². The molecule has 0 aliphatic heterocycles. The van der Waals surface area contributed by atoms with Crippen LogP contribution < -0.4 is 5.32 Å². The van der Waals surface area contributed by atoms with Crippen molar-refractivity contribution in [2.75, 3.05) is 19.6 Å². The molecule has 0 fully saturated rings. The molecule has 0 saturated carbocycles. The SMILES string of the molecule is CCN(CC)CC(C)NC(=O)c1cc(Br)ccc1Br. The van der Waals surface area contributed by atoms with E-state index in [1.807, 2.05) is 25.1 Å². The molecule has 1 rings (SSSR count). The van der Waals surface area contributed by atoms with Gasteiger partial charge in [0.05, 0.1) is 5.56 Å². The second-order valence-electron chi connectivity index (χ2n) is 4.48. The molecule has 0 aliphatic carbocycles. The fourth-order valence-electron chi connectivity index (χ4n) is 1.89. The smallest absolute Gasteiger partial charge is 0.252 e. The summed E-state index contributed by atoms with van der Waals surface area (Å²) in [6, 6.07) is 5.72. The van der Waals surface area contributed by atoms with Crippen LogP contribution in [-0.2, 0) is 0 Å². The fraction of sp³-hybridized carbons (Fsp3) is 0.500. The molecule has 0 bridgehead atoms. The van der Waals surface area contributed by atoms with Gasteiger partial charge in [-0.25, -0.2) is 0 Å². The molecule has 0 heterocycles. The molecule has 1 unspecified atom stereocenters. The van der Waals surface area contributed by atoms with Gasteiger partial charge in [-0.05, 0) is 54.1 Å². The molecule has 0 aliphatic rings. The summed E-state index contributed by atoms with van der Waals surface area (Å²) >= 11 is 6.79. The van der Waals surface area contributed by atoms with Gasteiger partial charge in [-0.1, -0.05) is 29.8 Å². The summed E-state index contributed by atoms with van der Waals surface area (Å²) in [5, 5.41) is 3.03. The largest absolute Gasteiger partial charge is 0.348 e. The molecular formula is C14H20Br2N2O. The molecule has 1 atom stereocenters. The van der Waals surface area contributed by atoms with E-state index in [0.717, 1.165) is 28.6 Å². The summed E-state index contributed by atoms with van der Waals surface area (Å²) in [4.78, 5) is 14.5. The second kappa shape index (κ2) is 8.02. The minimum Gasteiger partial charge on any atom is -0.348 e. The average molecular weight is 392 g/mol. The Labute approximate surface area is 132 Å². The first kappa shape index (κ1) is 16.7. The molecule has 19 heavy (non-hydrogen) atoms. The summed E-state index contributed by atoms with van der Waals surface area (Å²) < 4.78 is 1.71.